The third kappa shape index (κ3) is 4.05. The van der Waals surface area contributed by atoms with Gasteiger partial charge >= 0.3 is 11.0 Å². The van der Waals surface area contributed by atoms with Crippen molar-refractivity contribution in [1.29, 1.82) is 0 Å². The van der Waals surface area contributed by atoms with Crippen molar-refractivity contribution < 1.29 is 21.6 Å². The SMILES string of the molecule is CCCN(CC(F)(F)F)S(=O)(=O)c1sc(=O)[nH]c1C. The van der Waals surface area contributed by atoms with E-state index in [9.17, 15) is 26.4 Å². The molecule has 0 radical (unpaired) electrons. The number of nitrogens with zero attached hydrogens (tertiary/aromatic N) is 1. The van der Waals surface area contributed by atoms with Gasteiger partial charge in [-0.3, -0.25) is 4.79 Å². The third-order valence-corrected chi connectivity index (χ3v) is 5.61. The smallest absolute Gasteiger partial charge is 0.315 e. The van der Waals surface area contributed by atoms with Crippen molar-refractivity contribution in [3.8, 4) is 0 Å². The molecule has 0 saturated heterocycles. The molecule has 0 atom stereocenters. The van der Waals surface area contributed by atoms with Crippen LogP contribution in [0.5, 0.6) is 0 Å². The Kier molecular flexibility index (Phi) is 4.80. The predicted octanol–water partition coefficient (Wildman–Crippen LogP) is 1.71. The molecule has 0 saturated carbocycles. The molecule has 10 heteroatoms. The van der Waals surface area contributed by atoms with E-state index in [0.717, 1.165) is 0 Å². The molecule has 1 rings (SSSR count). The maximum Gasteiger partial charge on any atom is 0.402 e. The highest BCUT2D eigenvalue weighted by atomic mass is 32.2. The van der Waals surface area contributed by atoms with Crippen LogP contribution in [0.3, 0.4) is 0 Å². The van der Waals surface area contributed by atoms with E-state index >= 15 is 0 Å². The van der Waals surface area contributed by atoms with Crippen molar-refractivity contribution in [3.63, 3.8) is 0 Å². The van der Waals surface area contributed by atoms with Gasteiger partial charge in [0.25, 0.3) is 10.0 Å². The van der Waals surface area contributed by atoms with Crippen molar-refractivity contribution in [1.82, 2.24) is 9.29 Å². The average Bonchev–Trinajstić information content (AvgIpc) is 2.56. The Balaban J connectivity index is 3.20. The minimum atomic E-state index is -4.63. The third-order valence-electron chi connectivity index (χ3n) is 2.18. The Morgan fingerprint density at radius 2 is 1.95 bits per heavy atom. The number of alkyl halides is 3. The molecule has 0 aliphatic rings. The number of sulfonamides is 1. The second-order valence-electron chi connectivity index (χ2n) is 3.88. The lowest BCUT2D eigenvalue weighted by molar-refractivity contribution is -0.136. The topological polar surface area (TPSA) is 70.2 Å². The molecule has 0 spiro atoms. The molecule has 110 valence electrons. The lowest BCUT2D eigenvalue weighted by Crippen LogP contribution is -2.39. The average molecular weight is 318 g/mol. The van der Waals surface area contributed by atoms with Crippen LogP contribution in [-0.2, 0) is 10.0 Å². The summed E-state index contributed by atoms with van der Waals surface area (Å²) >= 11 is 0.393. The molecule has 1 aromatic rings. The molecule has 0 aromatic carbocycles. The fourth-order valence-electron chi connectivity index (χ4n) is 1.49. The molecule has 19 heavy (non-hydrogen) atoms. The van der Waals surface area contributed by atoms with Gasteiger partial charge in [-0.05, 0) is 13.3 Å². The van der Waals surface area contributed by atoms with Crippen LogP contribution < -0.4 is 4.87 Å². The monoisotopic (exact) mass is 318 g/mol. The van der Waals surface area contributed by atoms with Crippen LogP contribution in [0.25, 0.3) is 0 Å². The number of nitrogens with one attached hydrogen (secondary N) is 1. The molecule has 5 nitrogen and oxygen atoms in total. The van der Waals surface area contributed by atoms with Crippen molar-refractivity contribution in [2.45, 2.75) is 30.7 Å². The number of hydrogen-bond acceptors (Lipinski definition) is 4. The first-order valence-corrected chi connectivity index (χ1v) is 7.60. The molecule has 1 N–H and O–H groups in total. The molecule has 0 unspecified atom stereocenters. The van der Waals surface area contributed by atoms with Gasteiger partial charge in [0.15, 0.2) is 4.21 Å². The number of rotatable bonds is 5. The van der Waals surface area contributed by atoms with E-state index in [-0.39, 0.29) is 22.9 Å². The summed E-state index contributed by atoms with van der Waals surface area (Å²) in [5.41, 5.74) is 0.0540. The van der Waals surface area contributed by atoms with E-state index in [1.54, 1.807) is 6.92 Å². The number of aromatic nitrogens is 1. The van der Waals surface area contributed by atoms with Crippen molar-refractivity contribution in [2.75, 3.05) is 13.1 Å². The van der Waals surface area contributed by atoms with Gasteiger partial charge in [-0.25, -0.2) is 8.42 Å². The zero-order chi connectivity index (χ0) is 14.8. The molecule has 0 fully saturated rings. The van der Waals surface area contributed by atoms with E-state index in [4.69, 9.17) is 0 Å². The second-order valence-corrected chi connectivity index (χ2v) is 7.00. The van der Waals surface area contributed by atoms with Gasteiger partial charge in [0.2, 0.25) is 0 Å². The van der Waals surface area contributed by atoms with Crippen LogP contribution >= 0.6 is 11.3 Å². The second kappa shape index (κ2) is 5.63. The first-order chi connectivity index (χ1) is 8.58. The standard InChI is InChI=1S/C9H13F3N2O3S2/c1-3-4-14(5-9(10,11)12)19(16,17)7-6(2)13-8(15)18-7/h3-5H2,1-2H3,(H,13,15). The van der Waals surface area contributed by atoms with Crippen molar-refractivity contribution in [2.24, 2.45) is 0 Å². The highest BCUT2D eigenvalue weighted by Gasteiger charge is 2.38. The number of thiazole rings is 1. The van der Waals surface area contributed by atoms with Gasteiger partial charge < -0.3 is 4.98 Å². The van der Waals surface area contributed by atoms with Gasteiger partial charge in [0, 0.05) is 12.2 Å². The zero-order valence-electron chi connectivity index (χ0n) is 10.2. The first-order valence-electron chi connectivity index (χ1n) is 5.34. The Bertz CT molecular complexity index is 589. The van der Waals surface area contributed by atoms with E-state index in [1.165, 1.54) is 6.92 Å². The highest BCUT2D eigenvalue weighted by molar-refractivity contribution is 7.91. The van der Waals surface area contributed by atoms with Crippen LogP contribution in [0.2, 0.25) is 0 Å². The summed E-state index contributed by atoms with van der Waals surface area (Å²) in [7, 11) is -4.31. The predicted molar refractivity (Wildman–Crippen MR) is 64.8 cm³/mol. The van der Waals surface area contributed by atoms with Crippen LogP contribution in [0.15, 0.2) is 9.00 Å². The van der Waals surface area contributed by atoms with Crippen LogP contribution in [0, 0.1) is 6.92 Å². The van der Waals surface area contributed by atoms with E-state index in [0.29, 0.717) is 15.6 Å². The number of halogens is 3. The van der Waals surface area contributed by atoms with Crippen molar-refractivity contribution in [3.05, 3.63) is 15.4 Å². The maximum atomic E-state index is 12.4. The highest BCUT2D eigenvalue weighted by Crippen LogP contribution is 2.25. The minimum Gasteiger partial charge on any atom is -0.315 e. The number of aromatic amines is 1. The summed E-state index contributed by atoms with van der Waals surface area (Å²) in [6.45, 7) is 1.09. The fraction of sp³-hybridized carbons (Fsp3) is 0.667. The Labute approximate surface area is 112 Å². The largest absolute Gasteiger partial charge is 0.402 e. The molecule has 1 aromatic heterocycles. The summed E-state index contributed by atoms with van der Waals surface area (Å²) < 4.78 is 61.4. The Morgan fingerprint density at radius 1 is 1.37 bits per heavy atom. The Hall–Kier alpha value is -0.870. The van der Waals surface area contributed by atoms with Crippen LogP contribution in [-0.4, -0.2) is 37.0 Å². The van der Waals surface area contributed by atoms with Gasteiger partial charge in [0.05, 0.1) is 0 Å². The minimum absolute atomic E-state index is 0.0540. The zero-order valence-corrected chi connectivity index (χ0v) is 11.9. The normalized spacial score (nSPS) is 13.2. The van der Waals surface area contributed by atoms with Crippen LogP contribution in [0.1, 0.15) is 19.0 Å². The number of aryl methyl sites for hydroxylation is 1. The fourth-order valence-corrected chi connectivity index (χ4v) is 4.44. The van der Waals surface area contributed by atoms with E-state index in [1.807, 2.05) is 0 Å². The summed E-state index contributed by atoms with van der Waals surface area (Å²) in [4.78, 5) is 12.7. The number of H-pyrrole nitrogens is 1. The maximum absolute atomic E-state index is 12.4. The molecule has 0 amide bonds. The molecular formula is C9H13F3N2O3S2. The van der Waals surface area contributed by atoms with Gasteiger partial charge in [0.1, 0.15) is 6.54 Å². The lowest BCUT2D eigenvalue weighted by atomic mass is 10.5. The molecule has 1 heterocycles. The lowest BCUT2D eigenvalue weighted by Gasteiger charge is -2.22. The molecule has 0 aliphatic carbocycles. The van der Waals surface area contributed by atoms with Crippen molar-refractivity contribution >= 4 is 21.4 Å². The molecular weight excluding hydrogens is 305 g/mol. The first kappa shape index (κ1) is 16.2. The number of hydrogen-bond donors (Lipinski definition) is 1. The van der Waals surface area contributed by atoms with Gasteiger partial charge in [-0.2, -0.15) is 17.5 Å². The van der Waals surface area contributed by atoms with Crippen LogP contribution in [0.4, 0.5) is 13.2 Å². The van der Waals surface area contributed by atoms with Gasteiger partial charge in [-0.15, -0.1) is 0 Å². The Morgan fingerprint density at radius 3 is 2.32 bits per heavy atom. The van der Waals surface area contributed by atoms with Gasteiger partial charge in [-0.1, -0.05) is 18.3 Å². The summed E-state index contributed by atoms with van der Waals surface area (Å²) in [5, 5.41) is 0. The van der Waals surface area contributed by atoms with E-state index in [2.05, 4.69) is 4.98 Å². The summed E-state index contributed by atoms with van der Waals surface area (Å²) in [6, 6.07) is 0. The molecule has 0 aliphatic heterocycles. The van der Waals surface area contributed by atoms with E-state index < -0.39 is 27.6 Å². The summed E-state index contributed by atoms with van der Waals surface area (Å²) in [6.07, 6.45) is -4.38. The molecule has 0 bridgehead atoms. The summed E-state index contributed by atoms with van der Waals surface area (Å²) in [5.74, 6) is 0. The quantitative estimate of drug-likeness (QED) is 0.898.